The van der Waals surface area contributed by atoms with Crippen LogP contribution in [0.5, 0.6) is 5.88 Å². The van der Waals surface area contributed by atoms with Crippen molar-refractivity contribution in [1.82, 2.24) is 14.9 Å². The van der Waals surface area contributed by atoms with Gasteiger partial charge in [0, 0.05) is 25.2 Å². The molecule has 0 atom stereocenters. The summed E-state index contributed by atoms with van der Waals surface area (Å²) in [6, 6.07) is 7.58. The number of H-pyrrole nitrogens is 1. The molecule has 0 saturated heterocycles. The zero-order chi connectivity index (χ0) is 23.1. The molecule has 2 heterocycles. The fraction of sp³-hybridized carbons (Fsp3) is 0.417. The number of hydrogen-bond acceptors (Lipinski definition) is 5. The molecule has 2 aromatic rings. The molecule has 1 amide bonds. The number of benzene rings is 1. The van der Waals surface area contributed by atoms with Gasteiger partial charge in [-0.1, -0.05) is 50.8 Å². The van der Waals surface area contributed by atoms with Crippen molar-refractivity contribution in [2.45, 2.75) is 58.9 Å². The standard InChI is InChI=1S/C24H30N4O4/c1-3-4-5-6-9-14-28-23(31)19(22(30)27-24(28)32)15-21-18(12-13-25-16(2)29)17-10-7-8-11-20(17)26-21/h7-8,10-11,15,31H,3-6,9,12-14H2,1-2H3,(H,25,29)(H,27,30,32)/b21-15-. The monoisotopic (exact) mass is 438 g/mol. The molecular formula is C24H30N4O4. The third-order valence-corrected chi connectivity index (χ3v) is 5.50. The summed E-state index contributed by atoms with van der Waals surface area (Å²) in [7, 11) is 0. The Morgan fingerprint density at radius 1 is 1.19 bits per heavy atom. The van der Waals surface area contributed by atoms with Gasteiger partial charge in [0.25, 0.3) is 5.56 Å². The first-order chi connectivity index (χ1) is 15.4. The quantitative estimate of drug-likeness (QED) is 0.488. The molecule has 8 nitrogen and oxygen atoms in total. The normalized spacial score (nSPS) is 13.8. The number of unbranched alkanes of at least 4 members (excludes halogenated alkanes) is 4. The SMILES string of the molecule is CCCCCCCn1c(O)c(/C=C2\N=c3ccccc3=C2CCNC(C)=O)c(=O)[nH]c1=O. The number of para-hydroxylation sites is 1. The predicted octanol–water partition coefficient (Wildman–Crippen LogP) is 1.56. The molecule has 3 N–H and O–H groups in total. The molecule has 0 unspecified atom stereocenters. The highest BCUT2D eigenvalue weighted by Gasteiger charge is 2.17. The number of carbonyl (C=O) groups is 1. The summed E-state index contributed by atoms with van der Waals surface area (Å²) < 4.78 is 1.21. The first-order valence-corrected chi connectivity index (χ1v) is 11.1. The average Bonchev–Trinajstić information content (AvgIpc) is 3.10. The van der Waals surface area contributed by atoms with E-state index in [0.29, 0.717) is 25.2 Å². The smallest absolute Gasteiger partial charge is 0.331 e. The van der Waals surface area contributed by atoms with Crippen molar-refractivity contribution in [1.29, 1.82) is 0 Å². The van der Waals surface area contributed by atoms with Crippen LogP contribution in [0.3, 0.4) is 0 Å². The third kappa shape index (κ3) is 5.43. The number of allylic oxidation sites excluding steroid dienone is 1. The molecule has 0 saturated carbocycles. The van der Waals surface area contributed by atoms with E-state index < -0.39 is 11.2 Å². The first-order valence-electron chi connectivity index (χ1n) is 11.1. The maximum Gasteiger partial charge on any atom is 0.331 e. The van der Waals surface area contributed by atoms with Crippen LogP contribution in [0.25, 0.3) is 11.6 Å². The van der Waals surface area contributed by atoms with Crippen LogP contribution in [-0.4, -0.2) is 27.1 Å². The maximum absolute atomic E-state index is 12.5. The zero-order valence-corrected chi connectivity index (χ0v) is 18.6. The van der Waals surface area contributed by atoms with Crippen LogP contribution < -0.4 is 27.1 Å². The van der Waals surface area contributed by atoms with Gasteiger partial charge in [0.15, 0.2) is 0 Å². The van der Waals surface area contributed by atoms with Gasteiger partial charge in [0.05, 0.1) is 11.1 Å². The second-order valence-corrected chi connectivity index (χ2v) is 7.93. The van der Waals surface area contributed by atoms with Crippen LogP contribution >= 0.6 is 0 Å². The van der Waals surface area contributed by atoms with E-state index in [1.165, 1.54) is 17.6 Å². The minimum atomic E-state index is -0.658. The van der Waals surface area contributed by atoms with E-state index in [1.807, 2.05) is 24.3 Å². The van der Waals surface area contributed by atoms with Gasteiger partial charge in [0.2, 0.25) is 11.8 Å². The van der Waals surface area contributed by atoms with Crippen LogP contribution in [0, 0.1) is 0 Å². The van der Waals surface area contributed by atoms with Crippen molar-refractivity contribution in [3.05, 3.63) is 66.9 Å². The molecule has 170 valence electrons. The summed E-state index contributed by atoms with van der Waals surface area (Å²) in [6.45, 7) is 4.34. The Morgan fingerprint density at radius 2 is 1.94 bits per heavy atom. The Hall–Kier alpha value is -3.42. The van der Waals surface area contributed by atoms with Crippen molar-refractivity contribution in [2.75, 3.05) is 6.54 Å². The van der Waals surface area contributed by atoms with Crippen LogP contribution in [0.2, 0.25) is 0 Å². The van der Waals surface area contributed by atoms with E-state index in [9.17, 15) is 19.5 Å². The van der Waals surface area contributed by atoms with E-state index in [4.69, 9.17) is 0 Å². The minimum Gasteiger partial charge on any atom is -0.494 e. The molecule has 0 fully saturated rings. The van der Waals surface area contributed by atoms with E-state index in [1.54, 1.807) is 0 Å². The number of rotatable bonds is 10. The molecule has 3 rings (SSSR count). The highest BCUT2D eigenvalue weighted by Crippen LogP contribution is 2.23. The van der Waals surface area contributed by atoms with Gasteiger partial charge < -0.3 is 10.4 Å². The van der Waals surface area contributed by atoms with Crippen LogP contribution in [-0.2, 0) is 11.3 Å². The highest BCUT2D eigenvalue weighted by molar-refractivity contribution is 5.77. The van der Waals surface area contributed by atoms with Gasteiger partial charge in [-0.05, 0) is 30.6 Å². The Bertz CT molecular complexity index is 1250. The zero-order valence-electron chi connectivity index (χ0n) is 18.6. The van der Waals surface area contributed by atoms with Crippen LogP contribution in [0.15, 0.2) is 44.5 Å². The number of carbonyl (C=O) groups excluding carboxylic acids is 1. The minimum absolute atomic E-state index is 0.00161. The number of fused-ring (bicyclic) bond motifs is 1. The van der Waals surface area contributed by atoms with Crippen LogP contribution in [0.4, 0.5) is 0 Å². The Kier molecular flexibility index (Phi) is 7.81. The molecule has 1 aliphatic heterocycles. The summed E-state index contributed by atoms with van der Waals surface area (Å²) in [4.78, 5) is 43.0. The Labute approximate surface area is 186 Å². The Morgan fingerprint density at radius 3 is 2.69 bits per heavy atom. The number of aromatic amines is 1. The first kappa shape index (κ1) is 23.2. The van der Waals surface area contributed by atoms with Crippen LogP contribution in [0.1, 0.15) is 57.9 Å². The number of aromatic nitrogens is 2. The topological polar surface area (TPSA) is 117 Å². The number of hydrogen-bond donors (Lipinski definition) is 3. The lowest BCUT2D eigenvalue weighted by atomic mass is 10.1. The largest absolute Gasteiger partial charge is 0.494 e. The lowest BCUT2D eigenvalue weighted by Gasteiger charge is -2.11. The predicted molar refractivity (Wildman–Crippen MR) is 124 cm³/mol. The second-order valence-electron chi connectivity index (χ2n) is 7.93. The molecule has 0 radical (unpaired) electrons. The number of amides is 1. The average molecular weight is 439 g/mol. The summed E-state index contributed by atoms with van der Waals surface area (Å²) in [5, 5.41) is 15.2. The second kappa shape index (κ2) is 10.7. The van der Waals surface area contributed by atoms with Gasteiger partial charge in [-0.25, -0.2) is 9.79 Å². The highest BCUT2D eigenvalue weighted by atomic mass is 16.3. The number of aromatic hydroxyl groups is 1. The van der Waals surface area contributed by atoms with Crippen molar-refractivity contribution in [3.8, 4) is 5.88 Å². The van der Waals surface area contributed by atoms with Gasteiger partial charge >= 0.3 is 5.69 Å². The number of nitrogens with one attached hydrogen (secondary N) is 2. The van der Waals surface area contributed by atoms with E-state index in [-0.39, 0.29) is 17.4 Å². The third-order valence-electron chi connectivity index (χ3n) is 5.50. The molecule has 1 aromatic heterocycles. The van der Waals surface area contributed by atoms with Gasteiger partial charge in [-0.15, -0.1) is 0 Å². The molecule has 1 aromatic carbocycles. The van der Waals surface area contributed by atoms with Gasteiger partial charge in [-0.3, -0.25) is 19.1 Å². The summed E-state index contributed by atoms with van der Waals surface area (Å²) in [5.41, 5.74) is 0.124. The van der Waals surface area contributed by atoms with Crippen molar-refractivity contribution in [2.24, 2.45) is 4.99 Å². The summed E-state index contributed by atoms with van der Waals surface area (Å²) >= 11 is 0. The molecule has 1 aliphatic rings. The van der Waals surface area contributed by atoms with Crippen molar-refractivity contribution < 1.29 is 9.90 Å². The Balaban J connectivity index is 1.96. The fourth-order valence-electron chi connectivity index (χ4n) is 3.83. The lowest BCUT2D eigenvalue weighted by molar-refractivity contribution is -0.118. The van der Waals surface area contributed by atoms with Gasteiger partial charge in [0.1, 0.15) is 5.56 Å². The fourth-order valence-corrected chi connectivity index (χ4v) is 3.83. The maximum atomic E-state index is 12.5. The van der Waals surface area contributed by atoms with E-state index >= 15 is 0 Å². The van der Waals surface area contributed by atoms with Crippen molar-refractivity contribution in [3.63, 3.8) is 0 Å². The molecule has 8 heteroatoms. The summed E-state index contributed by atoms with van der Waals surface area (Å²) in [5.74, 6) is -0.478. The van der Waals surface area contributed by atoms with Gasteiger partial charge in [-0.2, -0.15) is 0 Å². The van der Waals surface area contributed by atoms with E-state index in [2.05, 4.69) is 22.2 Å². The molecule has 0 bridgehead atoms. The lowest BCUT2D eigenvalue weighted by Crippen LogP contribution is -2.31. The molecule has 0 aliphatic carbocycles. The molecule has 32 heavy (non-hydrogen) atoms. The van der Waals surface area contributed by atoms with E-state index in [0.717, 1.165) is 48.3 Å². The molecular weight excluding hydrogens is 408 g/mol. The number of nitrogens with zero attached hydrogens (tertiary/aromatic N) is 2. The molecule has 0 spiro atoms. The summed E-state index contributed by atoms with van der Waals surface area (Å²) in [6.07, 6.45) is 7.03. The van der Waals surface area contributed by atoms with Crippen molar-refractivity contribution >= 4 is 17.6 Å².